The van der Waals surface area contributed by atoms with E-state index in [2.05, 4.69) is 10.2 Å². The molecule has 0 saturated carbocycles. The Morgan fingerprint density at radius 2 is 2.33 bits per heavy atom. The molecule has 0 rings (SSSR count). The van der Waals surface area contributed by atoms with Crippen LogP contribution >= 0.6 is 0 Å². The van der Waals surface area contributed by atoms with Crippen molar-refractivity contribution in [3.63, 3.8) is 0 Å². The van der Waals surface area contributed by atoms with Gasteiger partial charge in [-0.25, -0.2) is 6.57 Å². The van der Waals surface area contributed by atoms with Crippen LogP contribution in [-0.2, 0) is 4.79 Å². The normalized spacial score (nSPS) is 8.67. The molecule has 3 nitrogen and oxygen atoms in total. The summed E-state index contributed by atoms with van der Waals surface area (Å²) in [7, 11) is 0. The molecule has 0 saturated heterocycles. The van der Waals surface area contributed by atoms with Crippen molar-refractivity contribution in [2.75, 3.05) is 6.54 Å². The van der Waals surface area contributed by atoms with Crippen LogP contribution in [0.2, 0.25) is 0 Å². The Morgan fingerprint density at radius 1 is 1.78 bits per heavy atom. The highest BCUT2D eigenvalue weighted by atomic mass is 16.1. The number of carbonyl (C=O) groups excluding carboxylic acids is 1. The molecule has 0 unspecified atom stereocenters. The Kier molecular flexibility index (Phi) is 3.45. The number of amides is 1. The standard InChI is InChI=1S/C6H10N2O/c1-5(2)8-6(9)4-7-3/h5H,4H2,1-2H3,(H,8,9). The van der Waals surface area contributed by atoms with Gasteiger partial charge in [-0.15, -0.1) is 0 Å². The molecule has 3 heteroatoms. The molecule has 0 aromatic rings. The molecular weight excluding hydrogens is 116 g/mol. The van der Waals surface area contributed by atoms with Gasteiger partial charge in [-0.3, -0.25) is 4.79 Å². The van der Waals surface area contributed by atoms with Gasteiger partial charge in [0.15, 0.2) is 0 Å². The van der Waals surface area contributed by atoms with Gasteiger partial charge < -0.3 is 10.2 Å². The monoisotopic (exact) mass is 126 g/mol. The first kappa shape index (κ1) is 7.96. The smallest absolute Gasteiger partial charge is 0.300 e. The average Bonchev–Trinajstić information content (AvgIpc) is 1.63. The van der Waals surface area contributed by atoms with E-state index >= 15 is 0 Å². The second-order valence-electron chi connectivity index (χ2n) is 2.04. The summed E-state index contributed by atoms with van der Waals surface area (Å²) in [4.78, 5) is 13.5. The van der Waals surface area contributed by atoms with E-state index in [9.17, 15) is 4.79 Å². The van der Waals surface area contributed by atoms with Crippen LogP contribution < -0.4 is 5.32 Å². The lowest BCUT2D eigenvalue weighted by molar-refractivity contribution is -0.119. The first-order valence-electron chi connectivity index (χ1n) is 2.79. The molecule has 0 aliphatic heterocycles. The van der Waals surface area contributed by atoms with Crippen molar-refractivity contribution < 1.29 is 4.79 Å². The fourth-order valence-corrected chi connectivity index (χ4v) is 0.439. The van der Waals surface area contributed by atoms with E-state index in [0.717, 1.165) is 0 Å². The van der Waals surface area contributed by atoms with Gasteiger partial charge in [0.05, 0.1) is 0 Å². The number of hydrogen-bond acceptors (Lipinski definition) is 1. The van der Waals surface area contributed by atoms with Gasteiger partial charge in [0, 0.05) is 6.04 Å². The molecule has 9 heavy (non-hydrogen) atoms. The van der Waals surface area contributed by atoms with Gasteiger partial charge in [0.25, 0.3) is 12.5 Å². The predicted molar refractivity (Wildman–Crippen MR) is 34.7 cm³/mol. The lowest BCUT2D eigenvalue weighted by Gasteiger charge is -2.02. The molecule has 50 valence electrons. The summed E-state index contributed by atoms with van der Waals surface area (Å²) in [5.74, 6) is -0.194. The van der Waals surface area contributed by atoms with Gasteiger partial charge in [0.1, 0.15) is 0 Å². The van der Waals surface area contributed by atoms with Gasteiger partial charge in [-0.05, 0) is 13.8 Å². The Balaban J connectivity index is 3.42. The number of carbonyl (C=O) groups is 1. The van der Waals surface area contributed by atoms with E-state index in [-0.39, 0.29) is 18.5 Å². The molecule has 0 fully saturated rings. The molecular formula is C6H10N2O. The maximum absolute atomic E-state index is 10.5. The number of nitrogens with one attached hydrogen (secondary N) is 1. The minimum absolute atomic E-state index is 0.0574. The molecule has 0 aliphatic carbocycles. The molecule has 1 N–H and O–H groups in total. The van der Waals surface area contributed by atoms with E-state index in [1.165, 1.54) is 0 Å². The molecule has 0 aliphatic rings. The molecule has 0 aromatic carbocycles. The minimum atomic E-state index is -0.194. The fraction of sp³-hybridized carbons (Fsp3) is 0.667. The number of nitrogens with zero attached hydrogens (tertiary/aromatic N) is 1. The molecule has 1 amide bonds. The third kappa shape index (κ3) is 4.82. The van der Waals surface area contributed by atoms with E-state index < -0.39 is 0 Å². The Labute approximate surface area is 54.9 Å². The van der Waals surface area contributed by atoms with Crippen molar-refractivity contribution in [1.29, 1.82) is 0 Å². The van der Waals surface area contributed by atoms with Crippen molar-refractivity contribution in [1.82, 2.24) is 5.32 Å². The van der Waals surface area contributed by atoms with Crippen LogP contribution in [0, 0.1) is 6.57 Å². The van der Waals surface area contributed by atoms with Crippen LogP contribution in [0.5, 0.6) is 0 Å². The molecule has 0 spiro atoms. The zero-order valence-electron chi connectivity index (χ0n) is 5.64. The van der Waals surface area contributed by atoms with E-state index in [1.807, 2.05) is 13.8 Å². The topological polar surface area (TPSA) is 33.5 Å². The Bertz CT molecular complexity index is 134. The van der Waals surface area contributed by atoms with Gasteiger partial charge in [-0.1, -0.05) is 0 Å². The highest BCUT2D eigenvalue weighted by molar-refractivity contribution is 5.79. The second kappa shape index (κ2) is 3.90. The van der Waals surface area contributed by atoms with Crippen LogP contribution in [0.1, 0.15) is 13.8 Å². The largest absolute Gasteiger partial charge is 0.347 e. The highest BCUT2D eigenvalue weighted by Crippen LogP contribution is 1.76. The van der Waals surface area contributed by atoms with E-state index in [1.54, 1.807) is 0 Å². The van der Waals surface area contributed by atoms with Gasteiger partial charge in [-0.2, -0.15) is 0 Å². The van der Waals surface area contributed by atoms with Crippen molar-refractivity contribution in [3.05, 3.63) is 11.4 Å². The summed E-state index contributed by atoms with van der Waals surface area (Å²) in [5, 5.41) is 2.59. The van der Waals surface area contributed by atoms with Crippen LogP contribution in [0.3, 0.4) is 0 Å². The average molecular weight is 126 g/mol. The zero-order chi connectivity index (χ0) is 7.28. The van der Waals surface area contributed by atoms with Crippen LogP contribution in [0.4, 0.5) is 0 Å². The van der Waals surface area contributed by atoms with Crippen molar-refractivity contribution in [3.8, 4) is 0 Å². The third-order valence-corrected chi connectivity index (χ3v) is 0.672. The van der Waals surface area contributed by atoms with Gasteiger partial charge >= 0.3 is 0 Å². The number of rotatable bonds is 2. The summed E-state index contributed by atoms with van der Waals surface area (Å²) in [5.41, 5.74) is 0. The van der Waals surface area contributed by atoms with Crippen LogP contribution in [0.25, 0.3) is 4.85 Å². The lowest BCUT2D eigenvalue weighted by Crippen LogP contribution is -2.31. The summed E-state index contributed by atoms with van der Waals surface area (Å²) in [6.45, 7) is 10.0. The molecule has 0 bridgehead atoms. The maximum Gasteiger partial charge on any atom is 0.300 e. The summed E-state index contributed by atoms with van der Waals surface area (Å²) < 4.78 is 0. The molecule has 0 aromatic heterocycles. The molecule has 0 atom stereocenters. The Morgan fingerprint density at radius 3 is 2.67 bits per heavy atom. The first-order chi connectivity index (χ1) is 4.16. The maximum atomic E-state index is 10.5. The zero-order valence-corrected chi connectivity index (χ0v) is 5.64. The van der Waals surface area contributed by atoms with E-state index in [4.69, 9.17) is 6.57 Å². The summed E-state index contributed by atoms with van der Waals surface area (Å²) in [6, 6.07) is 0.138. The highest BCUT2D eigenvalue weighted by Gasteiger charge is 2.02. The minimum Gasteiger partial charge on any atom is -0.347 e. The van der Waals surface area contributed by atoms with Crippen molar-refractivity contribution in [2.24, 2.45) is 0 Å². The Hall–Kier alpha value is -1.04. The quantitative estimate of drug-likeness (QED) is 0.535. The predicted octanol–water partition coefficient (Wildman–Crippen LogP) is 0.430. The van der Waals surface area contributed by atoms with Crippen molar-refractivity contribution >= 4 is 5.91 Å². The molecule has 0 radical (unpaired) electrons. The first-order valence-corrected chi connectivity index (χ1v) is 2.79. The summed E-state index contributed by atoms with van der Waals surface area (Å²) in [6.07, 6.45) is 0. The second-order valence-corrected chi connectivity index (χ2v) is 2.04. The van der Waals surface area contributed by atoms with Crippen molar-refractivity contribution in [2.45, 2.75) is 19.9 Å². The number of hydrogen-bond donors (Lipinski definition) is 1. The van der Waals surface area contributed by atoms with Gasteiger partial charge in [0.2, 0.25) is 0 Å². The SMILES string of the molecule is [C-]#[N+]CC(=O)NC(C)C. The van der Waals surface area contributed by atoms with Crippen LogP contribution in [-0.4, -0.2) is 18.5 Å². The van der Waals surface area contributed by atoms with Crippen LogP contribution in [0.15, 0.2) is 0 Å². The molecule has 0 heterocycles. The third-order valence-electron chi connectivity index (χ3n) is 0.672. The lowest BCUT2D eigenvalue weighted by atomic mass is 10.4. The van der Waals surface area contributed by atoms with E-state index in [0.29, 0.717) is 0 Å². The summed E-state index contributed by atoms with van der Waals surface area (Å²) >= 11 is 0. The fourth-order valence-electron chi connectivity index (χ4n) is 0.439.